The molecule has 0 atom stereocenters. The number of nitro benzene ring substituents is 2. The SMILES string of the molecule is CN1/C(=C/C=C/C2=[N+](CCC[N+]3=C(/C=C/C=C4/N(C)c5cc([N+](=O)[O-])c(Br)cc5C45CCCCC5)C(C)(C)c4c3ccc3ccccc43)c3ccc4ccccc4c3C2(C)C)C2(CCCCC2)c2cc(Br)c([N+](=O)[O-])cc21. The second-order valence-corrected chi connectivity index (χ2v) is 25.1. The van der Waals surface area contributed by atoms with Crippen LogP contribution in [0, 0.1) is 20.2 Å². The van der Waals surface area contributed by atoms with Gasteiger partial charge in [0.15, 0.2) is 24.5 Å². The van der Waals surface area contributed by atoms with Crippen LogP contribution in [-0.4, -0.2) is 57.6 Å². The number of nitro groups is 2. The molecule has 2 fully saturated rings. The molecule has 4 aliphatic heterocycles. The maximum atomic E-state index is 12.2. The van der Waals surface area contributed by atoms with E-state index in [2.05, 4.69) is 202 Å². The number of nitrogens with zero attached hydrogens (tertiary/aromatic N) is 6. The van der Waals surface area contributed by atoms with Crippen molar-refractivity contribution in [1.82, 2.24) is 0 Å². The van der Waals surface area contributed by atoms with Crippen molar-refractivity contribution in [3.63, 3.8) is 0 Å². The monoisotopic (exact) mass is 1150 g/mol. The highest BCUT2D eigenvalue weighted by atomic mass is 79.9. The molecule has 2 spiro atoms. The fraction of sp³-hybridized carbons (Fsp3) is 0.354. The normalized spacial score (nSPS) is 20.8. The van der Waals surface area contributed by atoms with E-state index in [1.807, 2.05) is 12.1 Å². The van der Waals surface area contributed by atoms with Gasteiger partial charge in [0.1, 0.15) is 0 Å². The summed E-state index contributed by atoms with van der Waals surface area (Å²) in [5, 5.41) is 29.3. The molecule has 4 heterocycles. The molecule has 0 radical (unpaired) electrons. The number of benzene rings is 6. The first-order valence-electron chi connectivity index (χ1n) is 27.6. The molecular formula is C65H66Br2N6O4+2. The molecule has 0 saturated heterocycles. The summed E-state index contributed by atoms with van der Waals surface area (Å²) in [4.78, 5) is 28.2. The molecule has 0 amide bonds. The fourth-order valence-electron chi connectivity index (χ4n) is 15.2. The Hall–Kier alpha value is -6.50. The molecule has 0 aromatic heterocycles. The van der Waals surface area contributed by atoms with Crippen LogP contribution in [0.15, 0.2) is 154 Å². The third-order valence-corrected chi connectivity index (χ3v) is 20.0. The Morgan fingerprint density at radius 2 is 0.948 bits per heavy atom. The van der Waals surface area contributed by atoms with E-state index in [0.29, 0.717) is 8.95 Å². The molecule has 12 heteroatoms. The lowest BCUT2D eigenvalue weighted by atomic mass is 9.68. The zero-order valence-corrected chi connectivity index (χ0v) is 48.1. The Bertz CT molecular complexity index is 3480. The number of allylic oxidation sites excluding steroid dienone is 8. The van der Waals surface area contributed by atoms with Crippen molar-refractivity contribution in [2.45, 2.75) is 120 Å². The highest BCUT2D eigenvalue weighted by molar-refractivity contribution is 9.11. The third-order valence-electron chi connectivity index (χ3n) is 18.7. The summed E-state index contributed by atoms with van der Waals surface area (Å²) in [6.45, 7) is 11.1. The minimum Gasteiger partial charge on any atom is -0.347 e. The molecule has 0 N–H and O–H groups in total. The molecule has 12 rings (SSSR count). The van der Waals surface area contributed by atoms with Crippen LogP contribution in [0.1, 0.15) is 121 Å². The fourth-order valence-corrected chi connectivity index (χ4v) is 16.2. The number of rotatable bonds is 10. The zero-order chi connectivity index (χ0) is 53.8. The van der Waals surface area contributed by atoms with Crippen molar-refractivity contribution in [2.75, 3.05) is 37.0 Å². The number of hydrogen-bond donors (Lipinski definition) is 0. The van der Waals surface area contributed by atoms with Gasteiger partial charge in [-0.1, -0.05) is 99.2 Å². The minimum atomic E-state index is -0.317. The molecule has 392 valence electrons. The average molecular weight is 1160 g/mol. The van der Waals surface area contributed by atoms with Crippen LogP contribution in [0.2, 0.25) is 0 Å². The molecule has 6 aromatic rings. The summed E-state index contributed by atoms with van der Waals surface area (Å²) in [7, 11) is 4.15. The second-order valence-electron chi connectivity index (χ2n) is 23.4. The van der Waals surface area contributed by atoms with Gasteiger partial charge in [-0.3, -0.25) is 20.2 Å². The molecule has 6 aromatic carbocycles. The van der Waals surface area contributed by atoms with Gasteiger partial charge in [-0.25, -0.2) is 0 Å². The lowest BCUT2D eigenvalue weighted by Crippen LogP contribution is -2.32. The lowest BCUT2D eigenvalue weighted by Gasteiger charge is -2.36. The quantitative estimate of drug-likeness (QED) is 0.0770. The Morgan fingerprint density at radius 1 is 0.558 bits per heavy atom. The smallest absolute Gasteiger partial charge is 0.285 e. The average Bonchev–Trinajstić information content (AvgIpc) is 4.20. The van der Waals surface area contributed by atoms with Crippen molar-refractivity contribution in [1.29, 1.82) is 0 Å². The molecular weight excluding hydrogens is 1090 g/mol. The van der Waals surface area contributed by atoms with E-state index in [9.17, 15) is 20.2 Å². The van der Waals surface area contributed by atoms with Crippen molar-refractivity contribution >= 4 is 99.0 Å². The van der Waals surface area contributed by atoms with E-state index in [1.54, 1.807) is 12.1 Å². The molecule has 0 bridgehead atoms. The Labute approximate surface area is 468 Å². The first kappa shape index (κ1) is 51.3. The van der Waals surface area contributed by atoms with Gasteiger partial charge in [-0.2, -0.15) is 9.15 Å². The summed E-state index contributed by atoms with van der Waals surface area (Å²) in [6, 6.07) is 34.3. The van der Waals surface area contributed by atoms with Gasteiger partial charge in [0.05, 0.1) is 47.4 Å². The predicted octanol–water partition coefficient (Wildman–Crippen LogP) is 16.8. The Balaban J connectivity index is 0.938. The summed E-state index contributed by atoms with van der Waals surface area (Å²) < 4.78 is 6.22. The van der Waals surface area contributed by atoms with Crippen LogP contribution < -0.4 is 9.80 Å². The van der Waals surface area contributed by atoms with E-state index >= 15 is 0 Å². The highest BCUT2D eigenvalue weighted by Gasteiger charge is 2.51. The van der Waals surface area contributed by atoms with E-state index in [0.717, 1.165) is 82.3 Å². The van der Waals surface area contributed by atoms with Gasteiger partial charge in [0, 0.05) is 83.9 Å². The topological polar surface area (TPSA) is 98.8 Å². The van der Waals surface area contributed by atoms with Crippen LogP contribution in [0.3, 0.4) is 0 Å². The molecule has 2 aliphatic carbocycles. The Morgan fingerprint density at radius 3 is 1.34 bits per heavy atom. The van der Waals surface area contributed by atoms with Crippen molar-refractivity contribution in [3.8, 4) is 0 Å². The first-order valence-corrected chi connectivity index (χ1v) is 29.1. The van der Waals surface area contributed by atoms with Gasteiger partial charge in [0.2, 0.25) is 11.4 Å². The zero-order valence-electron chi connectivity index (χ0n) is 45.0. The molecule has 2 saturated carbocycles. The highest BCUT2D eigenvalue weighted by Crippen LogP contribution is 2.58. The van der Waals surface area contributed by atoms with E-state index in [4.69, 9.17) is 0 Å². The molecule has 6 aliphatic rings. The second kappa shape index (κ2) is 19.1. The molecule has 10 nitrogen and oxygen atoms in total. The molecule has 77 heavy (non-hydrogen) atoms. The summed E-state index contributed by atoms with van der Waals surface area (Å²) in [6.07, 6.45) is 25.5. The minimum absolute atomic E-state index is 0.0933. The maximum Gasteiger partial charge on any atom is 0.285 e. The summed E-state index contributed by atoms with van der Waals surface area (Å²) in [5.74, 6) is 0. The first-order chi connectivity index (χ1) is 37.0. The van der Waals surface area contributed by atoms with Gasteiger partial charge < -0.3 is 9.80 Å². The Kier molecular flexibility index (Phi) is 12.7. The van der Waals surface area contributed by atoms with Crippen LogP contribution >= 0.6 is 31.9 Å². The largest absolute Gasteiger partial charge is 0.347 e. The van der Waals surface area contributed by atoms with Crippen molar-refractivity contribution in [3.05, 3.63) is 196 Å². The maximum absolute atomic E-state index is 12.2. The van der Waals surface area contributed by atoms with Crippen LogP contribution in [-0.2, 0) is 21.7 Å². The number of hydrogen-bond acceptors (Lipinski definition) is 6. The summed E-state index contributed by atoms with van der Waals surface area (Å²) in [5.41, 5.74) is 13.4. The van der Waals surface area contributed by atoms with Gasteiger partial charge in [-0.05, 0) is 154 Å². The predicted molar refractivity (Wildman–Crippen MR) is 321 cm³/mol. The third kappa shape index (κ3) is 7.96. The lowest BCUT2D eigenvalue weighted by molar-refractivity contribution is -0.470. The summed E-state index contributed by atoms with van der Waals surface area (Å²) >= 11 is 7.15. The van der Waals surface area contributed by atoms with Crippen molar-refractivity contribution < 1.29 is 19.0 Å². The van der Waals surface area contributed by atoms with Gasteiger partial charge in [-0.15, -0.1) is 0 Å². The van der Waals surface area contributed by atoms with Crippen LogP contribution in [0.4, 0.5) is 34.1 Å². The van der Waals surface area contributed by atoms with Gasteiger partial charge >= 0.3 is 0 Å². The van der Waals surface area contributed by atoms with E-state index < -0.39 is 0 Å². The van der Waals surface area contributed by atoms with E-state index in [1.165, 1.54) is 90.8 Å². The number of halogens is 2. The number of anilines is 2. The van der Waals surface area contributed by atoms with Gasteiger partial charge in [0.25, 0.3) is 11.4 Å². The number of fused-ring (bicyclic) bond motifs is 10. The van der Waals surface area contributed by atoms with Crippen LogP contribution in [0.25, 0.3) is 21.5 Å². The van der Waals surface area contributed by atoms with Crippen LogP contribution in [0.5, 0.6) is 0 Å². The molecule has 0 unspecified atom stereocenters. The number of likely N-dealkylation sites (N-methyl/N-ethyl adjacent to an activating group) is 2. The van der Waals surface area contributed by atoms with Crippen molar-refractivity contribution in [2.24, 2.45) is 0 Å². The van der Waals surface area contributed by atoms with E-state index in [-0.39, 0.29) is 42.9 Å². The standard InChI is InChI=1S/C65H66Br2N6O4/c1-62(2)56(24-17-26-58-64(32-13-7-14-33-64)46-38-48(66)54(72(74)75)40-52(46)68(58)5)70(50-30-28-42-20-9-11-22-44(42)60(50)62)36-19-37-71-51-31-29-43-21-10-12-23-45(43)61(51)63(3,4)57(71)25-18-27-59-65(34-15-8-16-35-65)47-39-49(67)55(73(76)77)41-53(47)69(59)6/h9-12,17-18,20-31,38-41H,7-8,13-16,19,32-37H2,1-6H3/q+2.